The van der Waals surface area contributed by atoms with Gasteiger partial charge in [-0.3, -0.25) is 19.6 Å². The van der Waals surface area contributed by atoms with E-state index in [-0.39, 0.29) is 18.5 Å². The lowest BCUT2D eigenvalue weighted by atomic mass is 10.1. The highest BCUT2D eigenvalue weighted by Gasteiger charge is 2.37. The highest BCUT2D eigenvalue weighted by atomic mass is 35.5. The first-order valence-electron chi connectivity index (χ1n) is 9.40. The molecule has 0 saturated carbocycles. The van der Waals surface area contributed by atoms with E-state index < -0.39 is 0 Å². The molecule has 29 heavy (non-hydrogen) atoms. The maximum absolute atomic E-state index is 13.0. The molecule has 0 bridgehead atoms. The standard InChI is InChI=1S/C21H21ClN4O3/c1-29-16-6-3-14(4-7-16)12-24-19(27)13-26-18-11-15(22)5-8-17(18)20-23-9-2-10-25(20)21(26)28/h3-8,11H,2,9-10,12-13H2,1H3,(H,24,27). The van der Waals surface area contributed by atoms with Gasteiger partial charge in [-0.25, -0.2) is 4.79 Å². The van der Waals surface area contributed by atoms with E-state index in [1.54, 1.807) is 24.1 Å². The summed E-state index contributed by atoms with van der Waals surface area (Å²) in [4.78, 5) is 33.3. The fourth-order valence-electron chi connectivity index (χ4n) is 3.48. The van der Waals surface area contributed by atoms with Crippen molar-refractivity contribution in [1.29, 1.82) is 0 Å². The van der Waals surface area contributed by atoms with Gasteiger partial charge in [0, 0.05) is 30.2 Å². The van der Waals surface area contributed by atoms with E-state index in [0.29, 0.717) is 36.2 Å². The number of halogens is 1. The first kappa shape index (κ1) is 19.3. The van der Waals surface area contributed by atoms with Crippen LogP contribution in [0.1, 0.15) is 17.5 Å². The van der Waals surface area contributed by atoms with Crippen LogP contribution in [0.15, 0.2) is 47.5 Å². The van der Waals surface area contributed by atoms with Crippen molar-refractivity contribution in [1.82, 2.24) is 10.2 Å². The minimum Gasteiger partial charge on any atom is -0.497 e. The van der Waals surface area contributed by atoms with Crippen molar-refractivity contribution in [3.05, 3.63) is 58.6 Å². The van der Waals surface area contributed by atoms with Crippen LogP contribution in [0.4, 0.5) is 10.5 Å². The van der Waals surface area contributed by atoms with Crippen molar-refractivity contribution in [2.75, 3.05) is 31.6 Å². The predicted octanol–water partition coefficient (Wildman–Crippen LogP) is 3.06. The number of nitrogens with zero attached hydrogens (tertiary/aromatic N) is 3. The Bertz CT molecular complexity index is 974. The van der Waals surface area contributed by atoms with Crippen LogP contribution in [0.2, 0.25) is 5.02 Å². The molecule has 150 valence electrons. The van der Waals surface area contributed by atoms with Crippen molar-refractivity contribution >= 4 is 35.1 Å². The number of hydrogen-bond donors (Lipinski definition) is 1. The second-order valence-corrected chi connectivity index (χ2v) is 7.30. The summed E-state index contributed by atoms with van der Waals surface area (Å²) in [6.07, 6.45) is 0.801. The third kappa shape index (κ3) is 3.91. The molecule has 2 aromatic carbocycles. The summed E-state index contributed by atoms with van der Waals surface area (Å²) in [5.41, 5.74) is 2.37. The van der Waals surface area contributed by atoms with Crippen LogP contribution in [-0.2, 0) is 11.3 Å². The van der Waals surface area contributed by atoms with Crippen molar-refractivity contribution in [2.24, 2.45) is 4.99 Å². The Morgan fingerprint density at radius 1 is 1.24 bits per heavy atom. The molecule has 3 amide bonds. The predicted molar refractivity (Wildman–Crippen MR) is 112 cm³/mol. The number of aliphatic imine (C=N–C) groups is 1. The molecule has 0 atom stereocenters. The van der Waals surface area contributed by atoms with Gasteiger partial charge in [-0.2, -0.15) is 0 Å². The van der Waals surface area contributed by atoms with Crippen molar-refractivity contribution in [3.8, 4) is 5.75 Å². The number of amides is 3. The number of amidine groups is 1. The molecule has 2 aliphatic rings. The van der Waals surface area contributed by atoms with E-state index in [9.17, 15) is 9.59 Å². The van der Waals surface area contributed by atoms with Gasteiger partial charge < -0.3 is 10.1 Å². The zero-order chi connectivity index (χ0) is 20.4. The van der Waals surface area contributed by atoms with Crippen LogP contribution >= 0.6 is 11.6 Å². The van der Waals surface area contributed by atoms with Gasteiger partial charge in [0.1, 0.15) is 18.1 Å². The zero-order valence-electron chi connectivity index (χ0n) is 16.0. The number of carbonyl (C=O) groups excluding carboxylic acids is 2. The SMILES string of the molecule is COc1ccc(CNC(=O)CN2C(=O)N3CCCN=C3c3ccc(Cl)cc32)cc1. The normalized spacial score (nSPS) is 15.4. The highest BCUT2D eigenvalue weighted by Crippen LogP contribution is 2.32. The number of rotatable bonds is 5. The first-order valence-corrected chi connectivity index (χ1v) is 9.77. The molecule has 7 nitrogen and oxygen atoms in total. The monoisotopic (exact) mass is 412 g/mol. The van der Waals surface area contributed by atoms with E-state index in [2.05, 4.69) is 10.3 Å². The molecule has 2 aliphatic heterocycles. The Hall–Kier alpha value is -3.06. The largest absolute Gasteiger partial charge is 0.497 e. The van der Waals surface area contributed by atoms with Crippen LogP contribution in [0.3, 0.4) is 0 Å². The van der Waals surface area contributed by atoms with Crippen LogP contribution in [0, 0.1) is 0 Å². The van der Waals surface area contributed by atoms with Crippen molar-refractivity contribution in [3.63, 3.8) is 0 Å². The molecule has 0 radical (unpaired) electrons. The van der Waals surface area contributed by atoms with E-state index >= 15 is 0 Å². The molecule has 0 aliphatic carbocycles. The van der Waals surface area contributed by atoms with E-state index in [4.69, 9.17) is 16.3 Å². The van der Waals surface area contributed by atoms with Gasteiger partial charge >= 0.3 is 6.03 Å². The minimum absolute atomic E-state index is 0.0912. The molecule has 2 aromatic rings. The molecule has 0 spiro atoms. The minimum atomic E-state index is -0.252. The summed E-state index contributed by atoms with van der Waals surface area (Å²) in [6.45, 7) is 1.54. The number of anilines is 1. The molecular formula is C21H21ClN4O3. The Labute approximate surface area is 173 Å². The third-order valence-electron chi connectivity index (χ3n) is 4.96. The maximum atomic E-state index is 13.0. The maximum Gasteiger partial charge on any atom is 0.330 e. The summed E-state index contributed by atoms with van der Waals surface area (Å²) in [6, 6.07) is 12.5. The van der Waals surface area contributed by atoms with Gasteiger partial charge in [-0.1, -0.05) is 23.7 Å². The summed E-state index contributed by atoms with van der Waals surface area (Å²) in [5.74, 6) is 1.16. The van der Waals surface area contributed by atoms with Crippen LogP contribution in [0.5, 0.6) is 5.75 Å². The quantitative estimate of drug-likeness (QED) is 0.820. The van der Waals surface area contributed by atoms with Gasteiger partial charge in [0.15, 0.2) is 0 Å². The van der Waals surface area contributed by atoms with Crippen molar-refractivity contribution < 1.29 is 14.3 Å². The lowest BCUT2D eigenvalue weighted by Crippen LogP contribution is -2.55. The average molecular weight is 413 g/mol. The number of carbonyl (C=O) groups is 2. The van der Waals surface area contributed by atoms with Crippen molar-refractivity contribution in [2.45, 2.75) is 13.0 Å². The van der Waals surface area contributed by atoms with Gasteiger partial charge in [0.2, 0.25) is 5.91 Å². The molecule has 0 saturated heterocycles. The van der Waals surface area contributed by atoms with Gasteiger partial charge in [-0.05, 0) is 42.3 Å². The number of ether oxygens (including phenoxy) is 1. The first-order chi connectivity index (χ1) is 14.1. The Balaban J connectivity index is 1.51. The smallest absolute Gasteiger partial charge is 0.330 e. The summed E-state index contributed by atoms with van der Waals surface area (Å²) >= 11 is 6.17. The van der Waals surface area contributed by atoms with Crippen LogP contribution in [0.25, 0.3) is 0 Å². The molecule has 0 unspecified atom stereocenters. The molecule has 4 rings (SSSR count). The lowest BCUT2D eigenvalue weighted by Gasteiger charge is -2.39. The summed E-state index contributed by atoms with van der Waals surface area (Å²) in [5, 5.41) is 3.37. The highest BCUT2D eigenvalue weighted by molar-refractivity contribution is 6.31. The second-order valence-electron chi connectivity index (χ2n) is 6.87. The Kier molecular flexibility index (Phi) is 5.40. The van der Waals surface area contributed by atoms with Gasteiger partial charge in [0.05, 0.1) is 12.8 Å². The topological polar surface area (TPSA) is 74.2 Å². The second kappa shape index (κ2) is 8.13. The third-order valence-corrected chi connectivity index (χ3v) is 5.20. The molecule has 8 heteroatoms. The number of methoxy groups -OCH3 is 1. The van der Waals surface area contributed by atoms with Crippen LogP contribution < -0.4 is 15.0 Å². The van der Waals surface area contributed by atoms with E-state index in [1.165, 1.54) is 4.90 Å². The Morgan fingerprint density at radius 3 is 2.79 bits per heavy atom. The Morgan fingerprint density at radius 2 is 2.03 bits per heavy atom. The van der Waals surface area contributed by atoms with Crippen LogP contribution in [-0.4, -0.2) is 49.4 Å². The number of hydrogen-bond acceptors (Lipinski definition) is 4. The number of nitrogens with one attached hydrogen (secondary N) is 1. The molecule has 2 heterocycles. The lowest BCUT2D eigenvalue weighted by molar-refractivity contribution is -0.119. The zero-order valence-corrected chi connectivity index (χ0v) is 16.8. The van der Waals surface area contributed by atoms with Gasteiger partial charge in [0.25, 0.3) is 0 Å². The van der Waals surface area contributed by atoms with E-state index in [1.807, 2.05) is 30.3 Å². The van der Waals surface area contributed by atoms with E-state index in [0.717, 1.165) is 23.3 Å². The fraction of sp³-hybridized carbons (Fsp3) is 0.286. The number of fused-ring (bicyclic) bond motifs is 3. The number of benzene rings is 2. The summed E-state index contributed by atoms with van der Waals surface area (Å²) in [7, 11) is 1.61. The molecular weight excluding hydrogens is 392 g/mol. The fourth-order valence-corrected chi connectivity index (χ4v) is 3.65. The number of urea groups is 1. The molecule has 0 aromatic heterocycles. The van der Waals surface area contributed by atoms with Gasteiger partial charge in [-0.15, -0.1) is 0 Å². The summed E-state index contributed by atoms with van der Waals surface area (Å²) < 4.78 is 5.14. The molecule has 0 fully saturated rings. The average Bonchev–Trinajstić information content (AvgIpc) is 2.75. The molecule has 1 N–H and O–H groups in total.